The van der Waals surface area contributed by atoms with Gasteiger partial charge in [-0.15, -0.1) is 0 Å². The molecule has 1 atom stereocenters. The Morgan fingerprint density at radius 2 is 1.76 bits per heavy atom. The number of esters is 2. The van der Waals surface area contributed by atoms with Crippen molar-refractivity contribution in [1.29, 1.82) is 0 Å². The summed E-state index contributed by atoms with van der Waals surface area (Å²) in [4.78, 5) is 35.6. The fourth-order valence-corrected chi connectivity index (χ4v) is 1.62. The zero-order chi connectivity index (χ0) is 18.9. The Kier molecular flexibility index (Phi) is 7.91. The molecule has 0 fully saturated rings. The first-order chi connectivity index (χ1) is 11.8. The summed E-state index contributed by atoms with van der Waals surface area (Å²) in [6.45, 7) is 6.89. The van der Waals surface area contributed by atoms with Crippen LogP contribution in [-0.2, 0) is 30.4 Å². The van der Waals surface area contributed by atoms with Gasteiger partial charge < -0.3 is 14.2 Å². The SMILES string of the molecule is CCC(=O)OC(NC(=O)OC(C)(C)CC)C(=O)OCc1ccccc1. The minimum atomic E-state index is -1.56. The van der Waals surface area contributed by atoms with Gasteiger partial charge in [0.15, 0.2) is 0 Å². The van der Waals surface area contributed by atoms with Crippen LogP contribution in [0.1, 0.15) is 46.1 Å². The van der Waals surface area contributed by atoms with E-state index in [1.807, 2.05) is 13.0 Å². The number of nitrogens with one attached hydrogen (secondary N) is 1. The fraction of sp³-hybridized carbons (Fsp3) is 0.500. The Hall–Kier alpha value is -2.57. The Bertz CT molecular complexity index is 584. The molecule has 7 heteroatoms. The summed E-state index contributed by atoms with van der Waals surface area (Å²) < 4.78 is 15.2. The van der Waals surface area contributed by atoms with Gasteiger partial charge >= 0.3 is 18.0 Å². The van der Waals surface area contributed by atoms with E-state index in [0.717, 1.165) is 5.56 Å². The van der Waals surface area contributed by atoms with Crippen LogP contribution in [-0.4, -0.2) is 29.9 Å². The number of amides is 1. The van der Waals surface area contributed by atoms with Crippen LogP contribution in [0.2, 0.25) is 0 Å². The Balaban J connectivity index is 2.69. The zero-order valence-electron chi connectivity index (χ0n) is 15.0. The molecule has 0 heterocycles. The highest BCUT2D eigenvalue weighted by Crippen LogP contribution is 2.14. The number of alkyl carbamates (subject to hydrolysis) is 1. The molecule has 1 rings (SSSR count). The lowest BCUT2D eigenvalue weighted by Gasteiger charge is -2.25. The Morgan fingerprint density at radius 1 is 1.12 bits per heavy atom. The molecule has 0 aromatic heterocycles. The first-order valence-corrected chi connectivity index (χ1v) is 8.17. The van der Waals surface area contributed by atoms with Crippen LogP contribution >= 0.6 is 0 Å². The number of ether oxygens (including phenoxy) is 3. The van der Waals surface area contributed by atoms with Gasteiger partial charge in [-0.2, -0.15) is 0 Å². The van der Waals surface area contributed by atoms with Crippen molar-refractivity contribution < 1.29 is 28.6 Å². The molecule has 138 valence electrons. The molecule has 1 aromatic rings. The summed E-state index contributed by atoms with van der Waals surface area (Å²) in [5, 5.41) is 2.23. The molecule has 0 spiro atoms. The maximum absolute atomic E-state index is 12.2. The average Bonchev–Trinajstić information content (AvgIpc) is 2.59. The highest BCUT2D eigenvalue weighted by atomic mass is 16.6. The second kappa shape index (κ2) is 9.66. The molecular formula is C18H25NO6. The first kappa shape index (κ1) is 20.5. The number of carbonyl (C=O) groups excluding carboxylic acids is 3. The molecule has 1 aromatic carbocycles. The third-order valence-electron chi connectivity index (χ3n) is 3.45. The normalized spacial score (nSPS) is 12.0. The van der Waals surface area contributed by atoms with E-state index in [-0.39, 0.29) is 13.0 Å². The van der Waals surface area contributed by atoms with Crippen LogP contribution in [0.4, 0.5) is 4.79 Å². The maximum Gasteiger partial charge on any atom is 0.410 e. The largest absolute Gasteiger partial charge is 0.457 e. The van der Waals surface area contributed by atoms with Crippen molar-refractivity contribution in [2.24, 2.45) is 0 Å². The molecule has 1 amide bonds. The second-order valence-electron chi connectivity index (χ2n) is 5.96. The van der Waals surface area contributed by atoms with E-state index < -0.39 is 29.9 Å². The minimum Gasteiger partial charge on any atom is -0.457 e. The van der Waals surface area contributed by atoms with Gasteiger partial charge in [-0.3, -0.25) is 10.1 Å². The van der Waals surface area contributed by atoms with E-state index in [1.54, 1.807) is 45.0 Å². The number of hydrogen-bond acceptors (Lipinski definition) is 6. The van der Waals surface area contributed by atoms with Crippen molar-refractivity contribution in [3.8, 4) is 0 Å². The van der Waals surface area contributed by atoms with E-state index in [2.05, 4.69) is 5.32 Å². The van der Waals surface area contributed by atoms with Crippen molar-refractivity contribution in [1.82, 2.24) is 5.32 Å². The highest BCUT2D eigenvalue weighted by molar-refractivity contribution is 5.83. The van der Waals surface area contributed by atoms with Gasteiger partial charge in [0.05, 0.1) is 0 Å². The minimum absolute atomic E-state index is 0.00295. The molecule has 0 saturated carbocycles. The summed E-state index contributed by atoms with van der Waals surface area (Å²) in [6, 6.07) is 9.02. The van der Waals surface area contributed by atoms with E-state index in [9.17, 15) is 14.4 Å². The lowest BCUT2D eigenvalue weighted by Crippen LogP contribution is -2.47. The topological polar surface area (TPSA) is 90.9 Å². The van der Waals surface area contributed by atoms with Crippen molar-refractivity contribution >= 4 is 18.0 Å². The third kappa shape index (κ3) is 7.69. The third-order valence-corrected chi connectivity index (χ3v) is 3.45. The molecule has 7 nitrogen and oxygen atoms in total. The number of rotatable bonds is 8. The second-order valence-corrected chi connectivity index (χ2v) is 5.96. The summed E-state index contributed by atoms with van der Waals surface area (Å²) in [7, 11) is 0. The molecule has 0 saturated heterocycles. The monoisotopic (exact) mass is 351 g/mol. The van der Waals surface area contributed by atoms with Crippen molar-refractivity contribution in [3.63, 3.8) is 0 Å². The molecule has 0 aliphatic rings. The van der Waals surface area contributed by atoms with Gasteiger partial charge in [0.2, 0.25) is 0 Å². The van der Waals surface area contributed by atoms with Crippen LogP contribution in [0.3, 0.4) is 0 Å². The summed E-state index contributed by atoms with van der Waals surface area (Å²) >= 11 is 0. The predicted octanol–water partition coefficient (Wildman–Crippen LogP) is 2.92. The van der Waals surface area contributed by atoms with Gasteiger partial charge in [0, 0.05) is 6.42 Å². The molecule has 1 N–H and O–H groups in total. The number of hydrogen-bond donors (Lipinski definition) is 1. The fourth-order valence-electron chi connectivity index (χ4n) is 1.62. The van der Waals surface area contributed by atoms with Crippen molar-refractivity contribution in [3.05, 3.63) is 35.9 Å². The highest BCUT2D eigenvalue weighted by Gasteiger charge is 2.29. The summed E-state index contributed by atoms with van der Waals surface area (Å²) in [5.41, 5.74) is 0.0586. The van der Waals surface area contributed by atoms with Gasteiger partial charge in [-0.05, 0) is 25.8 Å². The van der Waals surface area contributed by atoms with Gasteiger partial charge in [-0.1, -0.05) is 44.2 Å². The van der Waals surface area contributed by atoms with Crippen molar-refractivity contribution in [2.75, 3.05) is 0 Å². The summed E-state index contributed by atoms with van der Waals surface area (Å²) in [6.07, 6.45) is -1.79. The quantitative estimate of drug-likeness (QED) is 0.440. The molecule has 0 aliphatic heterocycles. The van der Waals surface area contributed by atoms with Crippen molar-refractivity contribution in [2.45, 2.75) is 59.0 Å². The molecule has 0 aliphatic carbocycles. The van der Waals surface area contributed by atoms with Crippen LogP contribution in [0.5, 0.6) is 0 Å². The number of carbonyl (C=O) groups is 3. The lowest BCUT2D eigenvalue weighted by molar-refractivity contribution is -0.170. The number of benzene rings is 1. The Labute approximate surface area is 147 Å². The van der Waals surface area contributed by atoms with Crippen LogP contribution in [0.15, 0.2) is 30.3 Å². The lowest BCUT2D eigenvalue weighted by atomic mass is 10.1. The smallest absolute Gasteiger partial charge is 0.410 e. The molecule has 0 radical (unpaired) electrons. The van der Waals surface area contributed by atoms with E-state index >= 15 is 0 Å². The van der Waals surface area contributed by atoms with Gasteiger partial charge in [-0.25, -0.2) is 9.59 Å². The van der Waals surface area contributed by atoms with E-state index in [0.29, 0.717) is 6.42 Å². The average molecular weight is 351 g/mol. The standard InChI is InChI=1S/C18H25NO6/c1-5-14(20)24-15(19-17(22)25-18(3,4)6-2)16(21)23-12-13-10-8-7-9-11-13/h7-11,15H,5-6,12H2,1-4H3,(H,19,22). The van der Waals surface area contributed by atoms with Crippen LogP contribution in [0.25, 0.3) is 0 Å². The van der Waals surface area contributed by atoms with E-state index in [1.165, 1.54) is 0 Å². The maximum atomic E-state index is 12.2. The van der Waals surface area contributed by atoms with E-state index in [4.69, 9.17) is 14.2 Å². The van der Waals surface area contributed by atoms with Crippen LogP contribution in [0, 0.1) is 0 Å². The first-order valence-electron chi connectivity index (χ1n) is 8.17. The predicted molar refractivity (Wildman–Crippen MR) is 90.4 cm³/mol. The van der Waals surface area contributed by atoms with Gasteiger partial charge in [0.25, 0.3) is 6.23 Å². The zero-order valence-corrected chi connectivity index (χ0v) is 15.0. The molecule has 25 heavy (non-hydrogen) atoms. The Morgan fingerprint density at radius 3 is 2.32 bits per heavy atom. The van der Waals surface area contributed by atoms with Gasteiger partial charge in [0.1, 0.15) is 12.2 Å². The van der Waals surface area contributed by atoms with Crippen LogP contribution < -0.4 is 5.32 Å². The molecular weight excluding hydrogens is 326 g/mol. The molecule has 0 bridgehead atoms. The molecule has 1 unspecified atom stereocenters. The summed E-state index contributed by atoms with van der Waals surface area (Å²) in [5.74, 6) is -1.52.